The molecule has 0 saturated carbocycles. The maximum atomic E-state index is 5.79. The van der Waals surface area contributed by atoms with E-state index in [1.54, 1.807) is 0 Å². The topological polar surface area (TPSA) is 21.3 Å². The van der Waals surface area contributed by atoms with Crippen LogP contribution in [0.25, 0.3) is 0 Å². The van der Waals surface area contributed by atoms with Gasteiger partial charge in [-0.25, -0.2) is 0 Å². The first-order valence-corrected chi connectivity index (χ1v) is 6.54. The molecule has 1 aromatic rings. The molecule has 0 spiro atoms. The molecule has 2 nitrogen and oxygen atoms in total. The van der Waals surface area contributed by atoms with Gasteiger partial charge in [-0.3, -0.25) is 0 Å². The Morgan fingerprint density at radius 2 is 1.94 bits per heavy atom. The Labute approximate surface area is 105 Å². The molecule has 0 aliphatic heterocycles. The zero-order valence-corrected chi connectivity index (χ0v) is 11.7. The zero-order valence-electron chi connectivity index (χ0n) is 11.7. The van der Waals surface area contributed by atoms with Crippen molar-refractivity contribution in [1.29, 1.82) is 0 Å². The fourth-order valence-corrected chi connectivity index (χ4v) is 1.49. The molecular formula is C15H25NO. The summed E-state index contributed by atoms with van der Waals surface area (Å²) in [5, 5.41) is 3.52. The summed E-state index contributed by atoms with van der Waals surface area (Å²) in [4.78, 5) is 0. The van der Waals surface area contributed by atoms with Gasteiger partial charge in [0.05, 0.1) is 12.3 Å². The van der Waals surface area contributed by atoms with E-state index in [1.165, 1.54) is 5.56 Å². The number of anilines is 1. The molecule has 1 atom stereocenters. The SMILES string of the molecule is CCCOc1cc(C)ccc1NC(C)C(C)C. The van der Waals surface area contributed by atoms with Gasteiger partial charge in [-0.1, -0.05) is 26.8 Å². The summed E-state index contributed by atoms with van der Waals surface area (Å²) in [7, 11) is 0. The highest BCUT2D eigenvalue weighted by molar-refractivity contribution is 5.58. The van der Waals surface area contributed by atoms with Gasteiger partial charge in [0.1, 0.15) is 5.75 Å². The Bertz CT molecular complexity index is 347. The van der Waals surface area contributed by atoms with Crippen molar-refractivity contribution in [1.82, 2.24) is 0 Å². The van der Waals surface area contributed by atoms with Crippen LogP contribution in [0.1, 0.15) is 39.7 Å². The number of ether oxygens (including phenoxy) is 1. The predicted octanol–water partition coefficient (Wildman–Crippen LogP) is 4.24. The van der Waals surface area contributed by atoms with E-state index in [-0.39, 0.29) is 0 Å². The number of aryl methyl sites for hydroxylation is 1. The summed E-state index contributed by atoms with van der Waals surface area (Å²) in [6, 6.07) is 6.78. The predicted molar refractivity (Wildman–Crippen MR) is 74.9 cm³/mol. The van der Waals surface area contributed by atoms with Crippen molar-refractivity contribution in [3.8, 4) is 5.75 Å². The van der Waals surface area contributed by atoms with Crippen LogP contribution >= 0.6 is 0 Å². The molecule has 96 valence electrons. The Kier molecular flexibility index (Phi) is 5.33. The lowest BCUT2D eigenvalue weighted by atomic mass is 10.1. The number of nitrogens with one attached hydrogen (secondary N) is 1. The summed E-state index contributed by atoms with van der Waals surface area (Å²) in [6.07, 6.45) is 1.03. The fourth-order valence-electron chi connectivity index (χ4n) is 1.49. The van der Waals surface area contributed by atoms with Crippen LogP contribution in [0.3, 0.4) is 0 Å². The molecule has 0 aliphatic rings. The lowest BCUT2D eigenvalue weighted by Crippen LogP contribution is -2.21. The van der Waals surface area contributed by atoms with Crippen molar-refractivity contribution >= 4 is 5.69 Å². The summed E-state index contributed by atoms with van der Waals surface area (Å²) < 4.78 is 5.79. The molecule has 17 heavy (non-hydrogen) atoms. The number of rotatable bonds is 6. The van der Waals surface area contributed by atoms with Crippen LogP contribution < -0.4 is 10.1 Å². The standard InChI is InChI=1S/C15H25NO/c1-6-9-17-15-10-12(4)7-8-14(15)16-13(5)11(2)3/h7-8,10-11,13,16H,6,9H2,1-5H3. The second-order valence-electron chi connectivity index (χ2n) is 5.03. The van der Waals surface area contributed by atoms with E-state index in [2.05, 4.69) is 58.1 Å². The van der Waals surface area contributed by atoms with E-state index in [4.69, 9.17) is 4.74 Å². The Morgan fingerprint density at radius 3 is 2.53 bits per heavy atom. The highest BCUT2D eigenvalue weighted by Crippen LogP contribution is 2.27. The van der Waals surface area contributed by atoms with Gasteiger partial charge in [0, 0.05) is 6.04 Å². The molecule has 0 fully saturated rings. The second kappa shape index (κ2) is 6.53. The molecule has 0 heterocycles. The van der Waals surface area contributed by atoms with Crippen LogP contribution in [0.4, 0.5) is 5.69 Å². The normalized spacial score (nSPS) is 12.6. The minimum absolute atomic E-state index is 0.446. The van der Waals surface area contributed by atoms with E-state index in [9.17, 15) is 0 Å². The van der Waals surface area contributed by atoms with Crippen LogP contribution in [-0.2, 0) is 0 Å². The van der Waals surface area contributed by atoms with Crippen molar-refractivity contribution in [3.63, 3.8) is 0 Å². The van der Waals surface area contributed by atoms with Gasteiger partial charge in [0.2, 0.25) is 0 Å². The molecule has 1 unspecified atom stereocenters. The van der Waals surface area contributed by atoms with Crippen molar-refractivity contribution in [2.45, 2.75) is 47.1 Å². The first-order valence-electron chi connectivity index (χ1n) is 6.54. The average Bonchev–Trinajstić information content (AvgIpc) is 2.29. The molecule has 0 saturated heterocycles. The van der Waals surface area contributed by atoms with Crippen LogP contribution in [-0.4, -0.2) is 12.6 Å². The molecular weight excluding hydrogens is 210 g/mol. The molecule has 2 heteroatoms. The maximum absolute atomic E-state index is 5.79. The largest absolute Gasteiger partial charge is 0.491 e. The van der Waals surface area contributed by atoms with E-state index < -0.39 is 0 Å². The van der Waals surface area contributed by atoms with E-state index >= 15 is 0 Å². The minimum atomic E-state index is 0.446. The number of hydrogen-bond acceptors (Lipinski definition) is 2. The third kappa shape index (κ3) is 4.29. The van der Waals surface area contributed by atoms with Gasteiger partial charge in [0.25, 0.3) is 0 Å². The second-order valence-corrected chi connectivity index (χ2v) is 5.03. The first-order chi connectivity index (χ1) is 8.04. The van der Waals surface area contributed by atoms with Crippen molar-refractivity contribution in [3.05, 3.63) is 23.8 Å². The lowest BCUT2D eigenvalue weighted by molar-refractivity contribution is 0.318. The monoisotopic (exact) mass is 235 g/mol. The molecule has 1 aromatic carbocycles. The Balaban J connectivity index is 2.82. The molecule has 0 amide bonds. The number of hydrogen-bond donors (Lipinski definition) is 1. The van der Waals surface area contributed by atoms with Crippen LogP contribution in [0.5, 0.6) is 5.75 Å². The summed E-state index contributed by atoms with van der Waals surface area (Å²) in [5.74, 6) is 1.58. The van der Waals surface area contributed by atoms with Crippen molar-refractivity contribution in [2.24, 2.45) is 5.92 Å². The summed E-state index contributed by atoms with van der Waals surface area (Å²) in [6.45, 7) is 11.6. The Hall–Kier alpha value is -1.18. The smallest absolute Gasteiger partial charge is 0.142 e. The van der Waals surface area contributed by atoms with E-state index in [0.717, 1.165) is 24.5 Å². The van der Waals surface area contributed by atoms with Crippen LogP contribution in [0.2, 0.25) is 0 Å². The average molecular weight is 235 g/mol. The van der Waals surface area contributed by atoms with E-state index in [1.807, 2.05) is 0 Å². The van der Waals surface area contributed by atoms with Gasteiger partial charge < -0.3 is 10.1 Å². The summed E-state index contributed by atoms with van der Waals surface area (Å²) in [5.41, 5.74) is 2.34. The van der Waals surface area contributed by atoms with Gasteiger partial charge in [-0.15, -0.1) is 0 Å². The third-order valence-electron chi connectivity index (χ3n) is 2.98. The highest BCUT2D eigenvalue weighted by Gasteiger charge is 2.10. The molecule has 0 aromatic heterocycles. The molecule has 1 rings (SSSR count). The lowest BCUT2D eigenvalue weighted by Gasteiger charge is -2.21. The number of benzene rings is 1. The highest BCUT2D eigenvalue weighted by atomic mass is 16.5. The maximum Gasteiger partial charge on any atom is 0.142 e. The van der Waals surface area contributed by atoms with E-state index in [0.29, 0.717) is 12.0 Å². The van der Waals surface area contributed by atoms with Crippen LogP contribution in [0, 0.1) is 12.8 Å². The van der Waals surface area contributed by atoms with Crippen LogP contribution in [0.15, 0.2) is 18.2 Å². The van der Waals surface area contributed by atoms with Crippen molar-refractivity contribution in [2.75, 3.05) is 11.9 Å². The quantitative estimate of drug-likeness (QED) is 0.796. The first kappa shape index (κ1) is 13.9. The molecule has 0 bridgehead atoms. The fraction of sp³-hybridized carbons (Fsp3) is 0.600. The van der Waals surface area contributed by atoms with Crippen molar-refractivity contribution < 1.29 is 4.74 Å². The molecule has 0 radical (unpaired) electrons. The zero-order chi connectivity index (χ0) is 12.8. The molecule has 1 N–H and O–H groups in total. The Morgan fingerprint density at radius 1 is 1.24 bits per heavy atom. The van der Waals surface area contributed by atoms with Gasteiger partial charge >= 0.3 is 0 Å². The minimum Gasteiger partial charge on any atom is -0.491 e. The molecule has 0 aliphatic carbocycles. The van der Waals surface area contributed by atoms with Gasteiger partial charge in [-0.05, 0) is 43.9 Å². The van der Waals surface area contributed by atoms with Gasteiger partial charge in [-0.2, -0.15) is 0 Å². The van der Waals surface area contributed by atoms with Gasteiger partial charge in [0.15, 0.2) is 0 Å². The third-order valence-corrected chi connectivity index (χ3v) is 2.98. The summed E-state index contributed by atoms with van der Waals surface area (Å²) >= 11 is 0.